The normalized spacial score (nSPS) is 20.6. The quantitative estimate of drug-likeness (QED) is 0.794. The zero-order valence-corrected chi connectivity index (χ0v) is 15.6. The third-order valence-corrected chi connectivity index (χ3v) is 5.61. The minimum atomic E-state index is 0.166. The van der Waals surface area contributed by atoms with Gasteiger partial charge >= 0.3 is 0 Å². The van der Waals surface area contributed by atoms with E-state index in [1.807, 2.05) is 24.1 Å². The summed E-state index contributed by atoms with van der Waals surface area (Å²) in [5, 5.41) is 8.97. The van der Waals surface area contributed by atoms with E-state index < -0.39 is 0 Å². The van der Waals surface area contributed by atoms with Gasteiger partial charge in [0, 0.05) is 68.6 Å². The van der Waals surface area contributed by atoms with Gasteiger partial charge in [-0.25, -0.2) is 4.98 Å². The number of aryl methyl sites for hydroxylation is 1. The third kappa shape index (κ3) is 3.96. The summed E-state index contributed by atoms with van der Waals surface area (Å²) in [6.45, 7) is 9.00. The van der Waals surface area contributed by atoms with Crippen LogP contribution in [0.2, 0.25) is 0 Å². The molecule has 1 fully saturated rings. The molecule has 0 aromatic carbocycles. The van der Waals surface area contributed by atoms with E-state index in [4.69, 9.17) is 4.74 Å². The van der Waals surface area contributed by atoms with Gasteiger partial charge in [-0.2, -0.15) is 5.10 Å². The topological polar surface area (TPSA) is 55.2 Å². The number of thiazole rings is 1. The van der Waals surface area contributed by atoms with Gasteiger partial charge in [-0.3, -0.25) is 4.68 Å². The van der Waals surface area contributed by atoms with Gasteiger partial charge < -0.3 is 15.0 Å². The van der Waals surface area contributed by atoms with Crippen molar-refractivity contribution in [2.24, 2.45) is 13.0 Å². The maximum absolute atomic E-state index is 5.92. The molecule has 2 atom stereocenters. The number of nitrogens with one attached hydrogen (secondary N) is 1. The number of hydrogen-bond donors (Lipinski definition) is 1. The SMILES string of the molecule is CCN(CC)c1ncc(CNC[C@H]2CCO[C@H]2c2cnn(C)c2)s1. The van der Waals surface area contributed by atoms with Gasteiger partial charge in [-0.15, -0.1) is 11.3 Å². The Hall–Kier alpha value is -1.44. The van der Waals surface area contributed by atoms with Crippen molar-refractivity contribution in [1.29, 1.82) is 0 Å². The van der Waals surface area contributed by atoms with E-state index in [1.165, 1.54) is 10.4 Å². The van der Waals surface area contributed by atoms with E-state index in [2.05, 4.69) is 40.3 Å². The van der Waals surface area contributed by atoms with Gasteiger partial charge in [0.15, 0.2) is 5.13 Å². The Balaban J connectivity index is 1.51. The lowest BCUT2D eigenvalue weighted by atomic mass is 9.97. The molecule has 1 aliphatic heterocycles. The highest BCUT2D eigenvalue weighted by molar-refractivity contribution is 7.15. The van der Waals surface area contributed by atoms with Crippen LogP contribution in [-0.4, -0.2) is 41.0 Å². The van der Waals surface area contributed by atoms with Crippen LogP contribution in [0.4, 0.5) is 5.13 Å². The summed E-state index contributed by atoms with van der Waals surface area (Å²) in [5.41, 5.74) is 1.18. The first-order chi connectivity index (χ1) is 11.7. The molecule has 24 heavy (non-hydrogen) atoms. The van der Waals surface area contributed by atoms with Gasteiger partial charge in [-0.05, 0) is 20.3 Å². The lowest BCUT2D eigenvalue weighted by molar-refractivity contribution is 0.0904. The number of anilines is 1. The standard InChI is InChI=1S/C17H27N5OS/c1-4-22(5-2)17-19-11-15(24-17)10-18-8-13-6-7-23-16(13)14-9-20-21(3)12-14/h9,11-13,16,18H,4-8,10H2,1-3H3/t13-,16-/m1/s1. The van der Waals surface area contributed by atoms with E-state index in [1.54, 1.807) is 11.3 Å². The number of rotatable bonds is 8. The Kier molecular flexibility index (Phi) is 5.86. The molecule has 3 heterocycles. The summed E-state index contributed by atoms with van der Waals surface area (Å²) in [7, 11) is 1.95. The molecule has 132 valence electrons. The first-order valence-corrected chi connectivity index (χ1v) is 9.53. The molecule has 1 aliphatic rings. The lowest BCUT2D eigenvalue weighted by Crippen LogP contribution is -2.24. The average Bonchev–Trinajstić information content (AvgIpc) is 3.30. The van der Waals surface area contributed by atoms with E-state index >= 15 is 0 Å². The van der Waals surface area contributed by atoms with Gasteiger partial charge in [-0.1, -0.05) is 0 Å². The lowest BCUT2D eigenvalue weighted by Gasteiger charge is -2.17. The smallest absolute Gasteiger partial charge is 0.185 e. The molecule has 6 nitrogen and oxygen atoms in total. The maximum Gasteiger partial charge on any atom is 0.185 e. The summed E-state index contributed by atoms with van der Waals surface area (Å²) in [6.07, 6.45) is 7.24. The number of hydrogen-bond acceptors (Lipinski definition) is 6. The Bertz CT molecular complexity index is 636. The van der Waals surface area contributed by atoms with E-state index in [9.17, 15) is 0 Å². The average molecular weight is 350 g/mol. The van der Waals surface area contributed by atoms with Crippen LogP contribution in [0.25, 0.3) is 0 Å². The van der Waals surface area contributed by atoms with Crippen LogP contribution < -0.4 is 10.2 Å². The summed E-state index contributed by atoms with van der Waals surface area (Å²) in [4.78, 5) is 8.12. The maximum atomic E-state index is 5.92. The summed E-state index contributed by atoms with van der Waals surface area (Å²) in [5.74, 6) is 0.504. The Morgan fingerprint density at radius 1 is 1.38 bits per heavy atom. The van der Waals surface area contributed by atoms with Crippen LogP contribution in [0.3, 0.4) is 0 Å². The largest absolute Gasteiger partial charge is 0.373 e. The first kappa shape index (κ1) is 17.4. The summed E-state index contributed by atoms with van der Waals surface area (Å²) < 4.78 is 7.76. The molecule has 0 amide bonds. The van der Waals surface area contributed by atoms with Gasteiger partial charge in [0.1, 0.15) is 0 Å². The van der Waals surface area contributed by atoms with Crippen molar-refractivity contribution in [3.8, 4) is 0 Å². The van der Waals surface area contributed by atoms with Crippen molar-refractivity contribution >= 4 is 16.5 Å². The van der Waals surface area contributed by atoms with Crippen molar-refractivity contribution < 1.29 is 4.74 Å². The molecule has 1 N–H and O–H groups in total. The van der Waals surface area contributed by atoms with Crippen LogP contribution in [0.5, 0.6) is 0 Å². The van der Waals surface area contributed by atoms with Crippen molar-refractivity contribution in [2.45, 2.75) is 32.9 Å². The second-order valence-corrected chi connectivity index (χ2v) is 7.29. The molecule has 2 aromatic rings. The second-order valence-electron chi connectivity index (χ2n) is 6.20. The highest BCUT2D eigenvalue weighted by atomic mass is 32.1. The molecule has 1 saturated heterocycles. The Labute approximate surface area is 147 Å². The number of ether oxygens (including phenoxy) is 1. The fourth-order valence-corrected chi connectivity index (χ4v) is 4.21. The molecule has 0 bridgehead atoms. The van der Waals surface area contributed by atoms with Crippen molar-refractivity contribution in [2.75, 3.05) is 31.1 Å². The van der Waals surface area contributed by atoms with Crippen LogP contribution in [0, 0.1) is 5.92 Å². The fraction of sp³-hybridized carbons (Fsp3) is 0.647. The molecular weight excluding hydrogens is 322 g/mol. The highest BCUT2D eigenvalue weighted by Gasteiger charge is 2.30. The molecule has 0 unspecified atom stereocenters. The zero-order chi connectivity index (χ0) is 16.9. The molecular formula is C17H27N5OS. The third-order valence-electron chi connectivity index (χ3n) is 4.55. The molecule has 7 heteroatoms. The van der Waals surface area contributed by atoms with Crippen molar-refractivity contribution in [3.05, 3.63) is 29.0 Å². The predicted octanol–water partition coefficient (Wildman–Crippen LogP) is 2.59. The van der Waals surface area contributed by atoms with E-state index in [0.717, 1.165) is 44.3 Å². The zero-order valence-electron chi connectivity index (χ0n) is 14.7. The molecule has 0 aliphatic carbocycles. The number of aromatic nitrogens is 3. The van der Waals surface area contributed by atoms with E-state index in [-0.39, 0.29) is 6.10 Å². The minimum absolute atomic E-state index is 0.166. The van der Waals surface area contributed by atoms with Crippen LogP contribution in [0.1, 0.15) is 36.8 Å². The molecule has 0 radical (unpaired) electrons. The van der Waals surface area contributed by atoms with Crippen molar-refractivity contribution in [1.82, 2.24) is 20.1 Å². The van der Waals surface area contributed by atoms with Crippen molar-refractivity contribution in [3.63, 3.8) is 0 Å². The summed E-state index contributed by atoms with van der Waals surface area (Å²) in [6, 6.07) is 0. The van der Waals surface area contributed by atoms with Gasteiger partial charge in [0.25, 0.3) is 0 Å². The first-order valence-electron chi connectivity index (χ1n) is 8.71. The predicted molar refractivity (Wildman–Crippen MR) is 97.4 cm³/mol. The van der Waals surface area contributed by atoms with Gasteiger partial charge in [0.2, 0.25) is 0 Å². The number of nitrogens with zero attached hydrogens (tertiary/aromatic N) is 4. The molecule has 0 saturated carbocycles. The van der Waals surface area contributed by atoms with Crippen LogP contribution in [0.15, 0.2) is 18.6 Å². The molecule has 2 aromatic heterocycles. The fourth-order valence-electron chi connectivity index (χ4n) is 3.20. The van der Waals surface area contributed by atoms with Gasteiger partial charge in [0.05, 0.1) is 12.3 Å². The highest BCUT2D eigenvalue weighted by Crippen LogP contribution is 2.33. The second kappa shape index (κ2) is 8.09. The Morgan fingerprint density at radius 3 is 2.92 bits per heavy atom. The molecule has 3 rings (SSSR count). The monoisotopic (exact) mass is 349 g/mol. The van der Waals surface area contributed by atoms with E-state index in [0.29, 0.717) is 5.92 Å². The Morgan fingerprint density at radius 2 is 2.21 bits per heavy atom. The summed E-state index contributed by atoms with van der Waals surface area (Å²) >= 11 is 1.78. The van der Waals surface area contributed by atoms with Crippen LogP contribution in [-0.2, 0) is 18.3 Å². The van der Waals surface area contributed by atoms with Crippen LogP contribution >= 0.6 is 11.3 Å². The molecule has 0 spiro atoms. The minimum Gasteiger partial charge on any atom is -0.373 e.